The first kappa shape index (κ1) is 14.9. The zero-order valence-electron chi connectivity index (χ0n) is 12.2. The smallest absolute Gasteiger partial charge is 0.335 e. The Kier molecular flexibility index (Phi) is 4.82. The number of anilines is 1. The minimum absolute atomic E-state index is 0.101. The average Bonchev–Trinajstić information content (AvgIpc) is 2.53. The number of nitrogens with one attached hydrogen (secondary N) is 1. The van der Waals surface area contributed by atoms with E-state index in [0.29, 0.717) is 11.4 Å². The molecular formula is C17H19NO3. The molecule has 1 atom stereocenters. The van der Waals surface area contributed by atoms with Crippen molar-refractivity contribution >= 4 is 11.7 Å². The van der Waals surface area contributed by atoms with Crippen molar-refractivity contribution in [3.05, 3.63) is 59.7 Å². The number of hydrogen-bond acceptors (Lipinski definition) is 3. The number of carboxylic acids is 1. The van der Waals surface area contributed by atoms with Gasteiger partial charge in [-0.3, -0.25) is 0 Å². The third-order valence-corrected chi connectivity index (χ3v) is 3.39. The first-order valence-electron chi connectivity index (χ1n) is 6.88. The van der Waals surface area contributed by atoms with E-state index >= 15 is 0 Å². The second-order valence-electron chi connectivity index (χ2n) is 4.74. The number of ether oxygens (including phenoxy) is 1. The first-order valence-corrected chi connectivity index (χ1v) is 6.88. The van der Waals surface area contributed by atoms with Crippen LogP contribution in [0.15, 0.2) is 48.5 Å². The van der Waals surface area contributed by atoms with Crippen molar-refractivity contribution in [2.45, 2.75) is 19.4 Å². The van der Waals surface area contributed by atoms with Gasteiger partial charge in [-0.25, -0.2) is 4.79 Å². The molecule has 1 unspecified atom stereocenters. The Morgan fingerprint density at radius 2 is 1.95 bits per heavy atom. The summed E-state index contributed by atoms with van der Waals surface area (Å²) in [6, 6.07) is 15.0. The molecular weight excluding hydrogens is 266 g/mol. The summed E-state index contributed by atoms with van der Waals surface area (Å²) in [6.45, 7) is 2.08. The van der Waals surface area contributed by atoms with Crippen LogP contribution < -0.4 is 10.1 Å². The van der Waals surface area contributed by atoms with Gasteiger partial charge in [-0.15, -0.1) is 0 Å². The van der Waals surface area contributed by atoms with E-state index in [9.17, 15) is 4.79 Å². The number of benzene rings is 2. The van der Waals surface area contributed by atoms with Gasteiger partial charge in [-0.2, -0.15) is 0 Å². The van der Waals surface area contributed by atoms with Crippen LogP contribution in [0.4, 0.5) is 5.69 Å². The summed E-state index contributed by atoms with van der Waals surface area (Å²) in [4.78, 5) is 11.1. The highest BCUT2D eigenvalue weighted by Gasteiger charge is 2.14. The van der Waals surface area contributed by atoms with Crippen LogP contribution in [-0.2, 0) is 0 Å². The first-order chi connectivity index (χ1) is 10.2. The van der Waals surface area contributed by atoms with Gasteiger partial charge in [0.25, 0.3) is 0 Å². The topological polar surface area (TPSA) is 58.6 Å². The Morgan fingerprint density at radius 3 is 2.52 bits per heavy atom. The fourth-order valence-corrected chi connectivity index (χ4v) is 2.25. The Labute approximate surface area is 124 Å². The summed E-state index contributed by atoms with van der Waals surface area (Å²) in [5.74, 6) is -0.317. The van der Waals surface area contributed by atoms with Gasteiger partial charge in [0, 0.05) is 0 Å². The highest BCUT2D eigenvalue weighted by molar-refractivity contribution is 5.89. The van der Waals surface area contributed by atoms with Gasteiger partial charge in [0.2, 0.25) is 0 Å². The predicted molar refractivity (Wildman–Crippen MR) is 83.1 cm³/mol. The summed E-state index contributed by atoms with van der Waals surface area (Å²) in [6.07, 6.45) is 0.879. The van der Waals surface area contributed by atoms with E-state index in [4.69, 9.17) is 9.84 Å². The molecule has 0 spiro atoms. The Hall–Kier alpha value is -2.49. The molecule has 2 N–H and O–H groups in total. The second-order valence-corrected chi connectivity index (χ2v) is 4.74. The highest BCUT2D eigenvalue weighted by Crippen LogP contribution is 2.30. The third-order valence-electron chi connectivity index (χ3n) is 3.39. The van der Waals surface area contributed by atoms with Gasteiger partial charge in [0.1, 0.15) is 5.75 Å². The summed E-state index contributed by atoms with van der Waals surface area (Å²) < 4.78 is 5.31. The molecule has 0 aliphatic heterocycles. The monoisotopic (exact) mass is 285 g/mol. The molecule has 0 aromatic heterocycles. The van der Waals surface area contributed by atoms with Crippen molar-refractivity contribution in [1.29, 1.82) is 0 Å². The number of aromatic carboxylic acids is 1. The molecule has 21 heavy (non-hydrogen) atoms. The Morgan fingerprint density at radius 1 is 1.24 bits per heavy atom. The van der Waals surface area contributed by atoms with Crippen LogP contribution in [-0.4, -0.2) is 18.2 Å². The minimum atomic E-state index is -0.950. The van der Waals surface area contributed by atoms with E-state index in [-0.39, 0.29) is 11.6 Å². The molecule has 4 heteroatoms. The van der Waals surface area contributed by atoms with E-state index < -0.39 is 5.97 Å². The molecule has 4 nitrogen and oxygen atoms in total. The molecule has 110 valence electrons. The van der Waals surface area contributed by atoms with Crippen LogP contribution in [0.3, 0.4) is 0 Å². The quantitative estimate of drug-likeness (QED) is 0.843. The SMILES string of the molecule is CCC(Nc1cc(C(=O)O)ccc1OC)c1ccccc1. The molecule has 0 aliphatic rings. The summed E-state index contributed by atoms with van der Waals surface area (Å²) >= 11 is 0. The molecule has 0 saturated heterocycles. The molecule has 0 heterocycles. The van der Waals surface area contributed by atoms with Crippen LogP contribution in [0.5, 0.6) is 5.75 Å². The van der Waals surface area contributed by atoms with E-state index in [1.165, 1.54) is 6.07 Å². The Balaban J connectivity index is 2.32. The van der Waals surface area contributed by atoms with Gasteiger partial charge in [0.05, 0.1) is 24.4 Å². The number of methoxy groups -OCH3 is 1. The largest absolute Gasteiger partial charge is 0.495 e. The van der Waals surface area contributed by atoms with Crippen LogP contribution in [0.25, 0.3) is 0 Å². The zero-order chi connectivity index (χ0) is 15.2. The highest BCUT2D eigenvalue weighted by atomic mass is 16.5. The zero-order valence-corrected chi connectivity index (χ0v) is 12.2. The number of carboxylic acid groups (broad SMARTS) is 1. The molecule has 2 aromatic rings. The van der Waals surface area contributed by atoms with E-state index in [0.717, 1.165) is 12.0 Å². The van der Waals surface area contributed by atoms with Gasteiger partial charge in [-0.1, -0.05) is 37.3 Å². The average molecular weight is 285 g/mol. The predicted octanol–water partition coefficient (Wildman–Crippen LogP) is 3.96. The van der Waals surface area contributed by atoms with Crippen molar-refractivity contribution in [3.8, 4) is 5.75 Å². The summed E-state index contributed by atoms with van der Waals surface area (Å²) in [5, 5.41) is 12.5. The van der Waals surface area contributed by atoms with Gasteiger partial charge < -0.3 is 15.2 Å². The molecule has 0 fully saturated rings. The summed E-state index contributed by atoms with van der Waals surface area (Å²) in [5.41, 5.74) is 2.08. The lowest BCUT2D eigenvalue weighted by molar-refractivity contribution is 0.0697. The maximum Gasteiger partial charge on any atom is 0.335 e. The molecule has 0 bridgehead atoms. The molecule has 2 aromatic carbocycles. The van der Waals surface area contributed by atoms with Gasteiger partial charge in [0.15, 0.2) is 0 Å². The lowest BCUT2D eigenvalue weighted by atomic mass is 10.0. The maximum absolute atomic E-state index is 11.1. The van der Waals surface area contributed by atoms with Crippen LogP contribution >= 0.6 is 0 Å². The second kappa shape index (κ2) is 6.79. The maximum atomic E-state index is 11.1. The van der Waals surface area contributed by atoms with Crippen molar-refractivity contribution < 1.29 is 14.6 Å². The Bertz CT molecular complexity index is 611. The van der Waals surface area contributed by atoms with Crippen molar-refractivity contribution in [3.63, 3.8) is 0 Å². The third kappa shape index (κ3) is 3.54. The van der Waals surface area contributed by atoms with Crippen LogP contribution in [0.1, 0.15) is 35.3 Å². The number of carbonyl (C=O) groups is 1. The minimum Gasteiger partial charge on any atom is -0.495 e. The molecule has 0 aliphatic carbocycles. The molecule has 2 rings (SSSR count). The van der Waals surface area contributed by atoms with Crippen molar-refractivity contribution in [2.24, 2.45) is 0 Å². The number of hydrogen-bond donors (Lipinski definition) is 2. The van der Waals surface area contributed by atoms with Gasteiger partial charge in [-0.05, 0) is 30.2 Å². The molecule has 0 saturated carbocycles. The fraction of sp³-hybridized carbons (Fsp3) is 0.235. The van der Waals surface area contributed by atoms with E-state index in [2.05, 4.69) is 24.4 Å². The van der Waals surface area contributed by atoms with Crippen molar-refractivity contribution in [2.75, 3.05) is 12.4 Å². The van der Waals surface area contributed by atoms with Gasteiger partial charge >= 0.3 is 5.97 Å². The normalized spacial score (nSPS) is 11.7. The van der Waals surface area contributed by atoms with Crippen molar-refractivity contribution in [1.82, 2.24) is 0 Å². The van der Waals surface area contributed by atoms with E-state index in [1.54, 1.807) is 19.2 Å². The van der Waals surface area contributed by atoms with Crippen LogP contribution in [0, 0.1) is 0 Å². The fourth-order valence-electron chi connectivity index (χ4n) is 2.25. The van der Waals surface area contributed by atoms with E-state index in [1.807, 2.05) is 18.2 Å². The standard InChI is InChI=1S/C17H19NO3/c1-3-14(12-7-5-4-6-8-12)18-15-11-13(17(19)20)9-10-16(15)21-2/h4-11,14,18H,3H2,1-2H3,(H,19,20). The molecule has 0 amide bonds. The molecule has 0 radical (unpaired) electrons. The lowest BCUT2D eigenvalue weighted by Crippen LogP contribution is -2.11. The lowest BCUT2D eigenvalue weighted by Gasteiger charge is -2.20. The number of rotatable bonds is 6. The van der Waals surface area contributed by atoms with Crippen LogP contribution in [0.2, 0.25) is 0 Å². The summed E-state index contributed by atoms with van der Waals surface area (Å²) in [7, 11) is 1.57.